The van der Waals surface area contributed by atoms with E-state index in [0.717, 1.165) is 29.1 Å². The first-order chi connectivity index (χ1) is 11.3. The number of nitrogens with one attached hydrogen (secondary N) is 1. The van der Waals surface area contributed by atoms with Crippen LogP contribution in [0.15, 0.2) is 18.2 Å². The highest BCUT2D eigenvalue weighted by Crippen LogP contribution is 2.18. The van der Waals surface area contributed by atoms with Crippen LogP contribution in [0.2, 0.25) is 0 Å². The lowest BCUT2D eigenvalue weighted by Crippen LogP contribution is -2.14. The maximum atomic E-state index is 13.8. The zero-order valence-electron chi connectivity index (χ0n) is 15.1. The normalized spacial score (nSPS) is 11.1. The lowest BCUT2D eigenvalue weighted by Gasteiger charge is -2.09. The molecule has 130 valence electrons. The van der Waals surface area contributed by atoms with Crippen LogP contribution in [0.1, 0.15) is 42.8 Å². The smallest absolute Gasteiger partial charge is 0.224 e. The summed E-state index contributed by atoms with van der Waals surface area (Å²) in [6.45, 7) is 11.0. The molecule has 5 heteroatoms. The summed E-state index contributed by atoms with van der Waals surface area (Å²) in [5.74, 6) is -0.0720. The van der Waals surface area contributed by atoms with Gasteiger partial charge < -0.3 is 5.32 Å². The largest absolute Gasteiger partial charge is 0.324 e. The summed E-state index contributed by atoms with van der Waals surface area (Å²) in [7, 11) is 0. The molecule has 4 nitrogen and oxygen atoms in total. The molecule has 0 saturated carbocycles. The van der Waals surface area contributed by atoms with Gasteiger partial charge in [0, 0.05) is 18.7 Å². The van der Waals surface area contributed by atoms with E-state index in [1.54, 1.807) is 12.1 Å². The van der Waals surface area contributed by atoms with E-state index in [9.17, 15) is 9.18 Å². The predicted molar refractivity (Wildman–Crippen MR) is 94.6 cm³/mol. The molecule has 0 radical (unpaired) electrons. The van der Waals surface area contributed by atoms with Crippen molar-refractivity contribution in [3.8, 4) is 0 Å². The van der Waals surface area contributed by atoms with E-state index >= 15 is 0 Å². The van der Waals surface area contributed by atoms with Crippen molar-refractivity contribution < 1.29 is 9.18 Å². The SMILES string of the molecule is Cc1ccc(NC(=O)CCc2c(C)nn(CC(C)C)c2C)c(F)c1. The highest BCUT2D eigenvalue weighted by molar-refractivity contribution is 5.91. The summed E-state index contributed by atoms with van der Waals surface area (Å²) in [6.07, 6.45) is 0.914. The van der Waals surface area contributed by atoms with Crippen molar-refractivity contribution >= 4 is 11.6 Å². The molecule has 0 bridgehead atoms. The number of hydrogen-bond donors (Lipinski definition) is 1. The van der Waals surface area contributed by atoms with Crippen molar-refractivity contribution in [2.24, 2.45) is 5.92 Å². The van der Waals surface area contributed by atoms with Crippen LogP contribution in [0.5, 0.6) is 0 Å². The van der Waals surface area contributed by atoms with Crippen molar-refractivity contribution in [2.45, 2.75) is 54.0 Å². The summed E-state index contributed by atoms with van der Waals surface area (Å²) in [6, 6.07) is 4.79. The minimum atomic E-state index is -0.402. The van der Waals surface area contributed by atoms with Gasteiger partial charge in [-0.1, -0.05) is 19.9 Å². The molecule has 0 atom stereocenters. The molecule has 1 amide bonds. The number of carbonyl (C=O) groups is 1. The second-order valence-electron chi connectivity index (χ2n) is 6.76. The monoisotopic (exact) mass is 331 g/mol. The molecule has 1 aromatic heterocycles. The minimum absolute atomic E-state index is 0.187. The molecule has 0 aliphatic carbocycles. The van der Waals surface area contributed by atoms with Crippen molar-refractivity contribution in [2.75, 3.05) is 5.32 Å². The Morgan fingerprint density at radius 1 is 1.29 bits per heavy atom. The molecule has 0 spiro atoms. The number of carbonyl (C=O) groups excluding carboxylic acids is 1. The minimum Gasteiger partial charge on any atom is -0.324 e. The number of anilines is 1. The molecule has 1 aromatic carbocycles. The van der Waals surface area contributed by atoms with Gasteiger partial charge in [0.05, 0.1) is 11.4 Å². The predicted octanol–water partition coefficient (Wildman–Crippen LogP) is 4.17. The van der Waals surface area contributed by atoms with Gasteiger partial charge >= 0.3 is 0 Å². The Labute approximate surface area is 143 Å². The third-order valence-electron chi connectivity index (χ3n) is 4.07. The summed E-state index contributed by atoms with van der Waals surface area (Å²) < 4.78 is 15.8. The summed E-state index contributed by atoms with van der Waals surface area (Å²) in [4.78, 5) is 12.1. The van der Waals surface area contributed by atoms with Gasteiger partial charge in [0.1, 0.15) is 5.82 Å². The summed E-state index contributed by atoms with van der Waals surface area (Å²) in [5.41, 5.74) is 4.23. The van der Waals surface area contributed by atoms with Crippen LogP contribution in [0, 0.1) is 32.5 Å². The number of halogens is 1. The van der Waals surface area contributed by atoms with E-state index in [0.29, 0.717) is 18.8 Å². The number of nitrogens with zero attached hydrogens (tertiary/aromatic N) is 2. The Morgan fingerprint density at radius 2 is 2.00 bits per heavy atom. The number of amides is 1. The molecule has 1 N–H and O–H groups in total. The highest BCUT2D eigenvalue weighted by atomic mass is 19.1. The summed E-state index contributed by atoms with van der Waals surface area (Å²) in [5, 5.41) is 7.21. The van der Waals surface area contributed by atoms with Gasteiger partial charge in [-0.05, 0) is 56.4 Å². The van der Waals surface area contributed by atoms with Gasteiger partial charge in [0.2, 0.25) is 5.91 Å². The zero-order chi connectivity index (χ0) is 17.9. The third kappa shape index (κ3) is 4.43. The number of aromatic nitrogens is 2. The van der Waals surface area contributed by atoms with Crippen molar-refractivity contribution in [3.63, 3.8) is 0 Å². The zero-order valence-corrected chi connectivity index (χ0v) is 15.1. The maximum absolute atomic E-state index is 13.8. The van der Waals surface area contributed by atoms with Gasteiger partial charge in [-0.3, -0.25) is 9.48 Å². The molecule has 0 unspecified atom stereocenters. The second-order valence-corrected chi connectivity index (χ2v) is 6.76. The van der Waals surface area contributed by atoms with Crippen LogP contribution >= 0.6 is 0 Å². The van der Waals surface area contributed by atoms with Gasteiger partial charge in [-0.25, -0.2) is 4.39 Å². The van der Waals surface area contributed by atoms with Crippen molar-refractivity contribution in [1.82, 2.24) is 9.78 Å². The second kappa shape index (κ2) is 7.60. The molecule has 0 aliphatic heterocycles. The molecular weight excluding hydrogens is 305 g/mol. The Morgan fingerprint density at radius 3 is 2.62 bits per heavy atom. The average molecular weight is 331 g/mol. The average Bonchev–Trinajstić information content (AvgIpc) is 2.74. The van der Waals surface area contributed by atoms with Crippen LogP contribution in [0.4, 0.5) is 10.1 Å². The van der Waals surface area contributed by atoms with Crippen LogP contribution in [0.3, 0.4) is 0 Å². The lowest BCUT2D eigenvalue weighted by molar-refractivity contribution is -0.116. The fourth-order valence-corrected chi connectivity index (χ4v) is 2.79. The van der Waals surface area contributed by atoms with E-state index in [1.807, 2.05) is 25.5 Å². The lowest BCUT2D eigenvalue weighted by atomic mass is 10.1. The number of hydrogen-bond acceptors (Lipinski definition) is 2. The van der Waals surface area contributed by atoms with Crippen molar-refractivity contribution in [1.29, 1.82) is 0 Å². The maximum Gasteiger partial charge on any atom is 0.224 e. The Balaban J connectivity index is 2.00. The van der Waals surface area contributed by atoms with E-state index < -0.39 is 5.82 Å². The van der Waals surface area contributed by atoms with Gasteiger partial charge in [0.15, 0.2) is 0 Å². The quantitative estimate of drug-likeness (QED) is 0.863. The Hall–Kier alpha value is -2.17. The number of rotatable bonds is 6. The third-order valence-corrected chi connectivity index (χ3v) is 4.07. The van der Waals surface area contributed by atoms with Crippen LogP contribution in [-0.2, 0) is 17.8 Å². The molecule has 1 heterocycles. The van der Waals surface area contributed by atoms with Crippen LogP contribution < -0.4 is 5.32 Å². The van der Waals surface area contributed by atoms with Gasteiger partial charge in [0.25, 0.3) is 0 Å². The Bertz CT molecular complexity index is 734. The van der Waals surface area contributed by atoms with Gasteiger partial charge in [-0.2, -0.15) is 5.10 Å². The Kier molecular flexibility index (Phi) is 5.75. The molecule has 2 aromatic rings. The van der Waals surface area contributed by atoms with E-state index in [2.05, 4.69) is 24.3 Å². The van der Waals surface area contributed by atoms with Crippen LogP contribution in [0.25, 0.3) is 0 Å². The first-order valence-corrected chi connectivity index (χ1v) is 8.36. The standard InChI is InChI=1S/C19H26FN3O/c1-12(2)11-23-15(5)16(14(4)22-23)7-9-19(24)21-18-8-6-13(3)10-17(18)20/h6,8,10,12H,7,9,11H2,1-5H3,(H,21,24). The topological polar surface area (TPSA) is 46.9 Å². The molecule has 24 heavy (non-hydrogen) atoms. The number of benzene rings is 1. The molecular formula is C19H26FN3O. The van der Waals surface area contributed by atoms with E-state index in [4.69, 9.17) is 0 Å². The van der Waals surface area contributed by atoms with E-state index in [-0.39, 0.29) is 11.6 Å². The van der Waals surface area contributed by atoms with Crippen LogP contribution in [-0.4, -0.2) is 15.7 Å². The first kappa shape index (κ1) is 18.2. The van der Waals surface area contributed by atoms with Gasteiger partial charge in [-0.15, -0.1) is 0 Å². The highest BCUT2D eigenvalue weighted by Gasteiger charge is 2.14. The molecule has 0 saturated heterocycles. The molecule has 0 fully saturated rings. The number of aryl methyl sites for hydroxylation is 2. The molecule has 0 aliphatic rings. The first-order valence-electron chi connectivity index (χ1n) is 8.36. The molecule has 2 rings (SSSR count). The summed E-state index contributed by atoms with van der Waals surface area (Å²) >= 11 is 0. The fraction of sp³-hybridized carbons (Fsp3) is 0.474. The fourth-order valence-electron chi connectivity index (χ4n) is 2.79. The van der Waals surface area contributed by atoms with E-state index in [1.165, 1.54) is 6.07 Å². The van der Waals surface area contributed by atoms with Crippen molar-refractivity contribution in [3.05, 3.63) is 46.5 Å².